The summed E-state index contributed by atoms with van der Waals surface area (Å²) in [4.78, 5) is 11.2. The Hall–Kier alpha value is -0.693. The Morgan fingerprint density at radius 2 is 1.79 bits per heavy atom. The van der Waals surface area contributed by atoms with Gasteiger partial charge in [-0.05, 0) is 19.8 Å². The van der Waals surface area contributed by atoms with E-state index < -0.39 is 8.80 Å². The average Bonchev–Trinajstić information content (AvgIpc) is 2.41. The van der Waals surface area contributed by atoms with E-state index in [4.69, 9.17) is 18.0 Å². The van der Waals surface area contributed by atoms with Gasteiger partial charge in [0.15, 0.2) is 0 Å². The summed E-state index contributed by atoms with van der Waals surface area (Å²) in [6.07, 6.45) is 2.69. The maximum atomic E-state index is 11.2. The fraction of sp³-hybridized carbons (Fsp3) is 0.769. The predicted molar refractivity (Wildman–Crippen MR) is 75.8 cm³/mol. The SMILES string of the molecule is C=C(C)C(=O)OCCC[Si](OC)(OC)OCCCC. The highest BCUT2D eigenvalue weighted by molar-refractivity contribution is 6.60. The largest absolute Gasteiger partial charge is 0.500 e. The van der Waals surface area contributed by atoms with E-state index in [2.05, 4.69) is 13.5 Å². The van der Waals surface area contributed by atoms with E-state index in [9.17, 15) is 4.79 Å². The van der Waals surface area contributed by atoms with Crippen LogP contribution in [0.4, 0.5) is 0 Å². The van der Waals surface area contributed by atoms with Crippen molar-refractivity contribution in [1.82, 2.24) is 0 Å². The van der Waals surface area contributed by atoms with E-state index in [1.807, 2.05) is 0 Å². The topological polar surface area (TPSA) is 54.0 Å². The second kappa shape index (κ2) is 10.1. The van der Waals surface area contributed by atoms with Crippen molar-refractivity contribution < 1.29 is 22.8 Å². The molecule has 0 saturated heterocycles. The van der Waals surface area contributed by atoms with Gasteiger partial charge >= 0.3 is 14.8 Å². The standard InChI is InChI=1S/C13H26O5Si/c1-6-7-10-18-19(15-4,16-5)11-8-9-17-13(14)12(2)3/h2,6-11H2,1,3-5H3. The molecule has 19 heavy (non-hydrogen) atoms. The summed E-state index contributed by atoms with van der Waals surface area (Å²) >= 11 is 0. The molecule has 6 heteroatoms. The van der Waals surface area contributed by atoms with Crippen LogP contribution in [0.5, 0.6) is 0 Å². The summed E-state index contributed by atoms with van der Waals surface area (Å²) in [6.45, 7) is 8.21. The molecular weight excluding hydrogens is 264 g/mol. The normalized spacial score (nSPS) is 11.4. The first-order chi connectivity index (χ1) is 9.01. The zero-order chi connectivity index (χ0) is 14.7. The van der Waals surface area contributed by atoms with Crippen LogP contribution >= 0.6 is 0 Å². The fourth-order valence-electron chi connectivity index (χ4n) is 1.43. The molecule has 0 saturated carbocycles. The molecule has 0 N–H and O–H groups in total. The number of hydrogen-bond donors (Lipinski definition) is 0. The maximum Gasteiger partial charge on any atom is 0.500 e. The van der Waals surface area contributed by atoms with Gasteiger partial charge in [-0.1, -0.05) is 19.9 Å². The third-order valence-corrected chi connectivity index (χ3v) is 5.50. The highest BCUT2D eigenvalue weighted by atomic mass is 28.4. The molecule has 0 unspecified atom stereocenters. The van der Waals surface area contributed by atoms with E-state index in [1.165, 1.54) is 0 Å². The minimum atomic E-state index is -2.59. The Morgan fingerprint density at radius 1 is 1.16 bits per heavy atom. The van der Waals surface area contributed by atoms with E-state index >= 15 is 0 Å². The molecule has 0 amide bonds. The molecule has 0 aromatic carbocycles. The zero-order valence-electron chi connectivity index (χ0n) is 12.5. The van der Waals surface area contributed by atoms with Gasteiger partial charge in [-0.2, -0.15) is 0 Å². The highest BCUT2D eigenvalue weighted by Gasteiger charge is 2.38. The molecule has 0 aliphatic rings. The molecular formula is C13H26O5Si. The number of unbranched alkanes of at least 4 members (excludes halogenated alkanes) is 1. The summed E-state index contributed by atoms with van der Waals surface area (Å²) in [5.74, 6) is -0.367. The first-order valence-electron chi connectivity index (χ1n) is 6.58. The van der Waals surface area contributed by atoms with Gasteiger partial charge in [0, 0.05) is 32.4 Å². The first kappa shape index (κ1) is 18.3. The van der Waals surface area contributed by atoms with Crippen molar-refractivity contribution in [2.45, 2.75) is 39.2 Å². The lowest BCUT2D eigenvalue weighted by molar-refractivity contribution is -0.139. The monoisotopic (exact) mass is 290 g/mol. The Labute approximate surface area is 117 Å². The molecule has 112 valence electrons. The predicted octanol–water partition coefficient (Wildman–Crippen LogP) is 2.54. The lowest BCUT2D eigenvalue weighted by Gasteiger charge is -2.26. The van der Waals surface area contributed by atoms with Gasteiger partial charge in [-0.25, -0.2) is 4.79 Å². The molecule has 0 aliphatic heterocycles. The Kier molecular flexibility index (Phi) is 9.77. The van der Waals surface area contributed by atoms with Gasteiger partial charge in [0.05, 0.1) is 6.61 Å². The molecule has 0 aromatic rings. The second-order valence-electron chi connectivity index (χ2n) is 4.31. The number of esters is 1. The van der Waals surface area contributed by atoms with Gasteiger partial charge in [0.2, 0.25) is 0 Å². The van der Waals surface area contributed by atoms with Crippen molar-refractivity contribution in [3.8, 4) is 0 Å². The summed E-state index contributed by atoms with van der Waals surface area (Å²) < 4.78 is 21.6. The molecule has 0 aromatic heterocycles. The van der Waals surface area contributed by atoms with Crippen LogP contribution in [-0.4, -0.2) is 42.2 Å². The summed E-state index contributed by atoms with van der Waals surface area (Å²) in [5.41, 5.74) is 0.404. The van der Waals surface area contributed by atoms with E-state index in [1.54, 1.807) is 21.1 Å². The second-order valence-corrected chi connectivity index (χ2v) is 7.28. The zero-order valence-corrected chi connectivity index (χ0v) is 13.5. The van der Waals surface area contributed by atoms with Crippen molar-refractivity contribution >= 4 is 14.8 Å². The van der Waals surface area contributed by atoms with Gasteiger partial charge < -0.3 is 18.0 Å². The van der Waals surface area contributed by atoms with E-state index in [0.29, 0.717) is 31.3 Å². The molecule has 0 heterocycles. The minimum absolute atomic E-state index is 0.324. The van der Waals surface area contributed by atoms with Crippen molar-refractivity contribution in [2.75, 3.05) is 27.4 Å². The van der Waals surface area contributed by atoms with Crippen LogP contribution in [0.25, 0.3) is 0 Å². The average molecular weight is 290 g/mol. The molecule has 0 atom stereocenters. The quantitative estimate of drug-likeness (QED) is 0.253. The third-order valence-electron chi connectivity index (χ3n) is 2.65. The number of rotatable bonds is 11. The third kappa shape index (κ3) is 7.46. The lowest BCUT2D eigenvalue weighted by atomic mass is 10.4. The summed E-state index contributed by atoms with van der Waals surface area (Å²) in [5, 5.41) is 0. The minimum Gasteiger partial charge on any atom is -0.462 e. The van der Waals surface area contributed by atoms with Crippen molar-refractivity contribution in [1.29, 1.82) is 0 Å². The van der Waals surface area contributed by atoms with E-state index in [-0.39, 0.29) is 5.97 Å². The van der Waals surface area contributed by atoms with Crippen LogP contribution in [0.15, 0.2) is 12.2 Å². The van der Waals surface area contributed by atoms with Crippen LogP contribution in [-0.2, 0) is 22.8 Å². The van der Waals surface area contributed by atoms with E-state index in [0.717, 1.165) is 12.8 Å². The smallest absolute Gasteiger partial charge is 0.462 e. The molecule has 5 nitrogen and oxygen atoms in total. The number of carbonyl (C=O) groups excluding carboxylic acids is 1. The number of carbonyl (C=O) groups is 1. The van der Waals surface area contributed by atoms with Gasteiger partial charge in [0.1, 0.15) is 0 Å². The van der Waals surface area contributed by atoms with Crippen LogP contribution in [0.1, 0.15) is 33.1 Å². The molecule has 0 radical (unpaired) electrons. The van der Waals surface area contributed by atoms with Crippen LogP contribution in [0.3, 0.4) is 0 Å². The lowest BCUT2D eigenvalue weighted by Crippen LogP contribution is -2.44. The molecule has 0 spiro atoms. The highest BCUT2D eigenvalue weighted by Crippen LogP contribution is 2.17. The molecule has 0 bridgehead atoms. The number of hydrogen-bond acceptors (Lipinski definition) is 5. The van der Waals surface area contributed by atoms with Crippen molar-refractivity contribution in [3.63, 3.8) is 0 Å². The maximum absolute atomic E-state index is 11.2. The molecule has 0 aliphatic carbocycles. The Bertz CT molecular complexity index is 276. The van der Waals surface area contributed by atoms with Crippen LogP contribution in [0.2, 0.25) is 6.04 Å². The van der Waals surface area contributed by atoms with Crippen molar-refractivity contribution in [3.05, 3.63) is 12.2 Å². The Morgan fingerprint density at radius 3 is 2.26 bits per heavy atom. The van der Waals surface area contributed by atoms with Crippen LogP contribution < -0.4 is 0 Å². The van der Waals surface area contributed by atoms with Gasteiger partial charge in [-0.3, -0.25) is 0 Å². The summed E-state index contributed by atoms with van der Waals surface area (Å²) in [6, 6.07) is 0.632. The van der Waals surface area contributed by atoms with Crippen molar-refractivity contribution in [2.24, 2.45) is 0 Å². The molecule has 0 rings (SSSR count). The van der Waals surface area contributed by atoms with Gasteiger partial charge in [0.25, 0.3) is 0 Å². The Balaban J connectivity index is 4.06. The molecule has 0 fully saturated rings. The fourth-order valence-corrected chi connectivity index (χ4v) is 3.41. The summed E-state index contributed by atoms with van der Waals surface area (Å²) in [7, 11) is 0.604. The number of ether oxygens (including phenoxy) is 1. The van der Waals surface area contributed by atoms with Crippen LogP contribution in [0, 0.1) is 0 Å². The first-order valence-corrected chi connectivity index (χ1v) is 8.51. The van der Waals surface area contributed by atoms with Gasteiger partial charge in [-0.15, -0.1) is 0 Å².